The summed E-state index contributed by atoms with van der Waals surface area (Å²) in [4.78, 5) is 30.7. The average Bonchev–Trinajstić information content (AvgIpc) is 3.35. The molecule has 6 N–H and O–H groups in total. The maximum atomic E-state index is 11.1. The van der Waals surface area contributed by atoms with Crippen molar-refractivity contribution < 1.29 is 30.0 Å². The second-order valence-corrected chi connectivity index (χ2v) is 7.24. The summed E-state index contributed by atoms with van der Waals surface area (Å²) in [7, 11) is 0. The Morgan fingerprint density at radius 1 is 0.917 bits per heavy atom. The van der Waals surface area contributed by atoms with Crippen molar-refractivity contribution in [3.05, 3.63) is 77.6 Å². The quantitative estimate of drug-likeness (QED) is 0.146. The van der Waals surface area contributed by atoms with Crippen molar-refractivity contribution in [2.45, 2.75) is 0 Å². The summed E-state index contributed by atoms with van der Waals surface area (Å²) >= 11 is 0. The zero-order valence-corrected chi connectivity index (χ0v) is 18.2. The van der Waals surface area contributed by atoms with E-state index in [-0.39, 0.29) is 22.5 Å². The maximum Gasteiger partial charge on any atom is 0.339 e. The number of nitrogens with zero attached hydrogens (tertiary/aromatic N) is 6. The molecule has 0 aliphatic heterocycles. The zero-order valence-electron chi connectivity index (χ0n) is 18.2. The molecule has 2 aromatic carbocycles. The highest BCUT2D eigenvalue weighted by Gasteiger charge is 2.14. The van der Waals surface area contributed by atoms with Gasteiger partial charge in [-0.2, -0.15) is 5.10 Å². The monoisotopic (exact) mass is 487 g/mol. The minimum atomic E-state index is -1.26. The Kier molecular flexibility index (Phi) is 6.36. The lowest BCUT2D eigenvalue weighted by Crippen LogP contribution is -2.08. The van der Waals surface area contributed by atoms with E-state index in [4.69, 9.17) is 16.1 Å². The predicted octanol–water partition coefficient (Wildman–Crippen LogP) is 2.20. The molecule has 36 heavy (non-hydrogen) atoms. The number of phenols is 2. The van der Waals surface area contributed by atoms with Gasteiger partial charge in [0.15, 0.2) is 0 Å². The van der Waals surface area contributed by atoms with Crippen molar-refractivity contribution in [3.63, 3.8) is 0 Å². The van der Waals surface area contributed by atoms with Crippen LogP contribution in [-0.2, 0) is 0 Å². The minimum absolute atomic E-state index is 0.195. The molecule has 0 aliphatic rings. The van der Waals surface area contributed by atoms with Gasteiger partial charge in [-0.3, -0.25) is 4.99 Å². The Labute approximate surface area is 202 Å². The molecule has 0 aliphatic carbocycles. The van der Waals surface area contributed by atoms with Crippen LogP contribution >= 0.6 is 0 Å². The van der Waals surface area contributed by atoms with Crippen molar-refractivity contribution in [2.24, 2.45) is 15.9 Å². The fourth-order valence-corrected chi connectivity index (χ4v) is 3.15. The Bertz CT molecular complexity index is 1540. The molecule has 2 aromatic heterocycles. The summed E-state index contributed by atoms with van der Waals surface area (Å²) in [6, 6.07) is 12.8. The number of aromatic nitrogens is 4. The van der Waals surface area contributed by atoms with E-state index in [1.54, 1.807) is 24.4 Å². The summed E-state index contributed by atoms with van der Waals surface area (Å²) in [5.74, 6) is 2.15. The number of nitrogens with two attached hydrogens (primary N) is 1. The highest BCUT2D eigenvalue weighted by molar-refractivity contribution is 6.38. The number of rotatable bonds is 7. The third-order valence-corrected chi connectivity index (χ3v) is 4.93. The van der Waals surface area contributed by atoms with Crippen molar-refractivity contribution in [2.75, 3.05) is 0 Å². The van der Waals surface area contributed by atoms with Gasteiger partial charge >= 0.3 is 11.9 Å². The highest BCUT2D eigenvalue weighted by Crippen LogP contribution is 2.24. The molecular formula is C23H17N7O6. The highest BCUT2D eigenvalue weighted by atomic mass is 16.4. The number of hydrogen-bond acceptors (Lipinski definition) is 10. The molecule has 0 amide bonds. The van der Waals surface area contributed by atoms with Crippen molar-refractivity contribution >= 4 is 29.6 Å². The van der Waals surface area contributed by atoms with Crippen LogP contribution in [0.15, 0.2) is 70.9 Å². The first-order valence-electron chi connectivity index (χ1n) is 10.1. The first-order valence-corrected chi connectivity index (χ1v) is 10.1. The molecule has 0 saturated heterocycles. The molecule has 0 atom stereocenters. The van der Waals surface area contributed by atoms with E-state index in [0.717, 1.165) is 0 Å². The third kappa shape index (κ3) is 4.84. The molecule has 13 nitrogen and oxygen atoms in total. The average molecular weight is 487 g/mol. The Hall–Kier alpha value is -5.59. The molecule has 13 heteroatoms. The van der Waals surface area contributed by atoms with Gasteiger partial charge in [0.1, 0.15) is 34.0 Å². The van der Waals surface area contributed by atoms with E-state index >= 15 is 0 Å². The van der Waals surface area contributed by atoms with Crippen LogP contribution in [0.1, 0.15) is 26.4 Å². The van der Waals surface area contributed by atoms with Crippen LogP contribution in [0.25, 0.3) is 17.1 Å². The lowest BCUT2D eigenvalue weighted by Gasteiger charge is -2.04. The number of carboxylic acid groups (broad SMARTS) is 2. The van der Waals surface area contributed by atoms with Gasteiger partial charge in [0.05, 0.1) is 35.2 Å². The summed E-state index contributed by atoms with van der Waals surface area (Å²) in [5, 5.41) is 49.6. The molecule has 0 unspecified atom stereocenters. The molecule has 4 rings (SSSR count). The minimum Gasteiger partial charge on any atom is -0.507 e. The molecule has 2 heterocycles. The lowest BCUT2D eigenvalue weighted by molar-refractivity contribution is 0.0682. The van der Waals surface area contributed by atoms with Crippen molar-refractivity contribution in [1.82, 2.24) is 20.0 Å². The Morgan fingerprint density at radius 3 is 2.25 bits per heavy atom. The number of carbonyl (C=O) groups is 2. The van der Waals surface area contributed by atoms with E-state index in [9.17, 15) is 19.8 Å². The van der Waals surface area contributed by atoms with Gasteiger partial charge in [0.25, 0.3) is 0 Å². The van der Waals surface area contributed by atoms with Crippen molar-refractivity contribution in [1.29, 1.82) is 0 Å². The number of carboxylic acids is 2. The van der Waals surface area contributed by atoms with Gasteiger partial charge in [-0.25, -0.2) is 19.3 Å². The standard InChI is InChI=1S/C23H17N7O6/c24-27-18(10-25-12-4-6-14(22(33)34)20(31)8-12)16-2-1-3-17(26-16)19-11-30(29-28-19)13-5-7-15(23(35)36)21(32)9-13/h1-11,31-32H,24H2,(H,33,34)(H,35,36). The van der Waals surface area contributed by atoms with E-state index < -0.39 is 23.4 Å². The molecular weight excluding hydrogens is 470 g/mol. The molecule has 0 radical (unpaired) electrons. The van der Waals surface area contributed by atoms with Gasteiger partial charge in [-0.15, -0.1) is 5.10 Å². The first-order chi connectivity index (χ1) is 17.3. The van der Waals surface area contributed by atoms with E-state index in [1.807, 2.05) is 0 Å². The molecule has 0 fully saturated rings. The summed E-state index contributed by atoms with van der Waals surface area (Å²) < 4.78 is 1.35. The Balaban J connectivity index is 1.58. The van der Waals surface area contributed by atoms with Crippen LogP contribution in [0.3, 0.4) is 0 Å². The fraction of sp³-hybridized carbons (Fsp3) is 0. The van der Waals surface area contributed by atoms with Gasteiger partial charge in [-0.05, 0) is 36.4 Å². The van der Waals surface area contributed by atoms with Crippen LogP contribution in [0.5, 0.6) is 11.5 Å². The molecule has 0 bridgehead atoms. The summed E-state index contributed by atoms with van der Waals surface area (Å²) in [6.45, 7) is 0. The second-order valence-electron chi connectivity index (χ2n) is 7.24. The van der Waals surface area contributed by atoms with Gasteiger partial charge in [-0.1, -0.05) is 11.3 Å². The van der Waals surface area contributed by atoms with E-state index in [1.165, 1.54) is 47.3 Å². The Morgan fingerprint density at radius 2 is 1.61 bits per heavy atom. The number of aromatic carboxylic acids is 2. The number of aliphatic imine (C=N–C) groups is 1. The molecule has 4 aromatic rings. The first kappa shape index (κ1) is 23.6. The summed E-state index contributed by atoms with van der Waals surface area (Å²) in [5.41, 5.74) is 1.51. The van der Waals surface area contributed by atoms with Crippen LogP contribution in [-0.4, -0.2) is 64.3 Å². The molecule has 0 spiro atoms. The summed E-state index contributed by atoms with van der Waals surface area (Å²) in [6.07, 6.45) is 2.85. The van der Waals surface area contributed by atoms with Crippen molar-refractivity contribution in [3.8, 4) is 28.6 Å². The van der Waals surface area contributed by atoms with Crippen LogP contribution in [0.2, 0.25) is 0 Å². The van der Waals surface area contributed by atoms with Crippen LogP contribution in [0, 0.1) is 0 Å². The number of hydrazone groups is 1. The molecule has 180 valence electrons. The van der Waals surface area contributed by atoms with E-state index in [2.05, 4.69) is 25.4 Å². The van der Waals surface area contributed by atoms with Crippen LogP contribution < -0.4 is 5.84 Å². The normalized spacial score (nSPS) is 11.6. The van der Waals surface area contributed by atoms with E-state index in [0.29, 0.717) is 22.8 Å². The number of benzene rings is 2. The lowest BCUT2D eigenvalue weighted by atomic mass is 10.2. The number of hydrogen-bond donors (Lipinski definition) is 5. The second kappa shape index (κ2) is 9.72. The number of pyridine rings is 1. The topological polar surface area (TPSA) is 209 Å². The number of aromatic hydroxyl groups is 2. The maximum absolute atomic E-state index is 11.1. The fourth-order valence-electron chi connectivity index (χ4n) is 3.15. The zero-order chi connectivity index (χ0) is 25.8. The molecule has 0 saturated carbocycles. The van der Waals surface area contributed by atoms with Gasteiger partial charge in [0, 0.05) is 12.1 Å². The predicted molar refractivity (Wildman–Crippen MR) is 127 cm³/mol. The van der Waals surface area contributed by atoms with Gasteiger partial charge < -0.3 is 26.3 Å². The smallest absolute Gasteiger partial charge is 0.339 e. The third-order valence-electron chi connectivity index (χ3n) is 4.93. The SMILES string of the molecule is NN=C(C=Nc1ccc(C(=O)O)c(O)c1)c1cccc(-c2cn(-c3ccc(C(=O)O)c(O)c3)nn2)n1. The largest absolute Gasteiger partial charge is 0.507 e. The van der Waals surface area contributed by atoms with Crippen LogP contribution in [0.4, 0.5) is 5.69 Å². The van der Waals surface area contributed by atoms with Gasteiger partial charge in [0.2, 0.25) is 0 Å².